The molecule has 0 saturated carbocycles. The van der Waals surface area contributed by atoms with Gasteiger partial charge in [0.05, 0.1) is 0 Å². The first-order chi connectivity index (χ1) is 13.4. The maximum atomic E-state index is 13.8. The second kappa shape index (κ2) is 7.31. The molecule has 1 aliphatic rings. The molecule has 2 aromatic carbocycles. The number of benzene rings is 2. The van der Waals surface area contributed by atoms with Crippen LogP contribution in [0.2, 0.25) is 0 Å². The summed E-state index contributed by atoms with van der Waals surface area (Å²) in [5.41, 5.74) is 1.04. The summed E-state index contributed by atoms with van der Waals surface area (Å²) in [6.45, 7) is 0.852. The number of rotatable bonds is 4. The molecule has 28 heavy (non-hydrogen) atoms. The average molecular weight is 404 g/mol. The number of hydrogen-bond donors (Lipinski definition) is 1. The number of anilines is 1. The van der Waals surface area contributed by atoms with E-state index >= 15 is 0 Å². The Hall–Kier alpha value is -2.81. The van der Waals surface area contributed by atoms with Gasteiger partial charge in [0.25, 0.3) is 10.0 Å². The van der Waals surface area contributed by atoms with Crippen LogP contribution in [-0.2, 0) is 23.0 Å². The minimum absolute atomic E-state index is 0.239. The van der Waals surface area contributed by atoms with Gasteiger partial charge >= 0.3 is 0 Å². The van der Waals surface area contributed by atoms with Crippen LogP contribution < -0.4 is 4.72 Å². The third kappa shape index (κ3) is 3.62. The van der Waals surface area contributed by atoms with Crippen LogP contribution in [0.1, 0.15) is 25.1 Å². The van der Waals surface area contributed by atoms with Crippen LogP contribution in [0.5, 0.6) is 0 Å². The molecule has 2 heterocycles. The zero-order chi connectivity index (χ0) is 19.7. The molecule has 0 atom stereocenters. The van der Waals surface area contributed by atoms with Crippen LogP contribution in [-0.4, -0.2) is 23.2 Å². The molecule has 146 valence electrons. The van der Waals surface area contributed by atoms with Crippen LogP contribution >= 0.6 is 0 Å². The number of sulfonamides is 1. The lowest BCUT2D eigenvalue weighted by atomic mass is 10.2. The fraction of sp³-hybridized carbons (Fsp3) is 0.263. The summed E-state index contributed by atoms with van der Waals surface area (Å²) < 4.78 is 56.2. The van der Waals surface area contributed by atoms with E-state index in [9.17, 15) is 17.2 Å². The maximum Gasteiger partial charge on any atom is 0.264 e. The Morgan fingerprint density at radius 1 is 0.964 bits per heavy atom. The predicted octanol–water partition coefficient (Wildman–Crippen LogP) is 3.75. The fourth-order valence-corrected chi connectivity index (χ4v) is 4.43. The minimum atomic E-state index is -4.25. The van der Waals surface area contributed by atoms with Crippen molar-refractivity contribution in [3.8, 4) is 11.4 Å². The summed E-state index contributed by atoms with van der Waals surface area (Å²) in [4.78, 5) is -0.737. The van der Waals surface area contributed by atoms with Gasteiger partial charge in [0.15, 0.2) is 5.82 Å². The molecule has 0 unspecified atom stereocenters. The van der Waals surface area contributed by atoms with Crippen molar-refractivity contribution in [3.63, 3.8) is 0 Å². The van der Waals surface area contributed by atoms with E-state index in [4.69, 9.17) is 0 Å². The van der Waals surface area contributed by atoms with Crippen LogP contribution in [0, 0.1) is 11.6 Å². The Bertz CT molecular complexity index is 1110. The van der Waals surface area contributed by atoms with E-state index < -0.39 is 26.6 Å². The van der Waals surface area contributed by atoms with Crippen LogP contribution in [0.3, 0.4) is 0 Å². The van der Waals surface area contributed by atoms with Gasteiger partial charge in [-0.2, -0.15) is 0 Å². The Kier molecular flexibility index (Phi) is 4.84. The molecule has 0 bridgehead atoms. The highest BCUT2D eigenvalue weighted by Crippen LogP contribution is 2.25. The smallest absolute Gasteiger partial charge is 0.264 e. The molecule has 1 aliphatic heterocycles. The monoisotopic (exact) mass is 404 g/mol. The fourth-order valence-electron chi connectivity index (χ4n) is 3.28. The summed E-state index contributed by atoms with van der Waals surface area (Å²) in [5, 5.41) is 8.52. The highest BCUT2D eigenvalue weighted by Gasteiger charge is 2.21. The van der Waals surface area contributed by atoms with Gasteiger partial charge in [0.2, 0.25) is 0 Å². The van der Waals surface area contributed by atoms with E-state index in [-0.39, 0.29) is 5.69 Å². The van der Waals surface area contributed by atoms with Gasteiger partial charge in [-0.3, -0.25) is 4.72 Å². The topological polar surface area (TPSA) is 76.9 Å². The molecule has 0 fully saturated rings. The zero-order valence-electron chi connectivity index (χ0n) is 14.9. The second-order valence-corrected chi connectivity index (χ2v) is 8.31. The van der Waals surface area contributed by atoms with Crippen molar-refractivity contribution in [1.82, 2.24) is 14.8 Å². The molecule has 1 N–H and O–H groups in total. The number of aryl methyl sites for hydroxylation is 1. The Morgan fingerprint density at radius 3 is 2.54 bits per heavy atom. The van der Waals surface area contributed by atoms with Crippen molar-refractivity contribution < 1.29 is 17.2 Å². The number of nitrogens with zero attached hydrogens (tertiary/aromatic N) is 3. The number of nitrogens with one attached hydrogen (secondary N) is 1. The lowest BCUT2D eigenvalue weighted by Gasteiger charge is -2.10. The van der Waals surface area contributed by atoms with Gasteiger partial charge in [0.1, 0.15) is 22.4 Å². The molecule has 0 aliphatic carbocycles. The first-order valence-corrected chi connectivity index (χ1v) is 10.4. The summed E-state index contributed by atoms with van der Waals surface area (Å²) in [7, 11) is -4.25. The van der Waals surface area contributed by atoms with Crippen LogP contribution in [0.4, 0.5) is 14.5 Å². The van der Waals surface area contributed by atoms with Gasteiger partial charge in [-0.05, 0) is 55.3 Å². The van der Waals surface area contributed by atoms with Crippen molar-refractivity contribution in [2.24, 2.45) is 0 Å². The lowest BCUT2D eigenvalue weighted by Crippen LogP contribution is -2.15. The zero-order valence-corrected chi connectivity index (χ0v) is 15.7. The Morgan fingerprint density at radius 2 is 1.75 bits per heavy atom. The third-order valence-corrected chi connectivity index (χ3v) is 6.08. The number of fused-ring (bicyclic) bond motifs is 1. The summed E-state index contributed by atoms with van der Waals surface area (Å²) >= 11 is 0. The molecular weight excluding hydrogens is 386 g/mol. The SMILES string of the molecule is O=S(=O)(Nc1ccc(-c2nnc3n2CCCCC3)cc1)c1cc(F)ccc1F. The van der Waals surface area contributed by atoms with Gasteiger partial charge < -0.3 is 4.57 Å². The minimum Gasteiger partial charge on any atom is -0.311 e. The van der Waals surface area contributed by atoms with Crippen LogP contribution in [0.25, 0.3) is 11.4 Å². The highest BCUT2D eigenvalue weighted by atomic mass is 32.2. The van der Waals surface area contributed by atoms with Crippen molar-refractivity contribution >= 4 is 15.7 Å². The van der Waals surface area contributed by atoms with Crippen LogP contribution in [0.15, 0.2) is 47.4 Å². The normalized spacial score (nSPS) is 14.4. The molecule has 4 rings (SSSR count). The molecule has 0 amide bonds. The van der Waals surface area contributed by atoms with Gasteiger partial charge in [0, 0.05) is 24.2 Å². The van der Waals surface area contributed by atoms with E-state index in [2.05, 4.69) is 19.5 Å². The maximum absolute atomic E-state index is 13.8. The number of aromatic nitrogens is 3. The Labute approximate surface area is 161 Å². The molecule has 6 nitrogen and oxygen atoms in total. The van der Waals surface area contributed by atoms with E-state index in [1.807, 2.05) is 0 Å². The lowest BCUT2D eigenvalue weighted by molar-refractivity contribution is 0.555. The van der Waals surface area contributed by atoms with Crippen molar-refractivity contribution in [2.45, 2.75) is 37.1 Å². The Balaban J connectivity index is 1.59. The standard InChI is InChI=1S/C19H18F2N4O2S/c20-14-7-10-16(21)17(12-14)28(26,27)24-15-8-5-13(6-9-15)19-23-22-18-4-2-1-3-11-25(18)19/h5-10,12,24H,1-4,11H2. The van der Waals surface area contributed by atoms with E-state index in [1.54, 1.807) is 24.3 Å². The molecule has 1 aromatic heterocycles. The molecule has 9 heteroatoms. The summed E-state index contributed by atoms with van der Waals surface area (Å²) in [6, 6.07) is 8.86. The second-order valence-electron chi connectivity index (χ2n) is 6.66. The van der Waals surface area contributed by atoms with Gasteiger partial charge in [-0.25, -0.2) is 17.2 Å². The van der Waals surface area contributed by atoms with E-state index in [1.165, 1.54) is 0 Å². The first kappa shape index (κ1) is 18.5. The molecule has 3 aromatic rings. The first-order valence-electron chi connectivity index (χ1n) is 8.94. The summed E-state index contributed by atoms with van der Waals surface area (Å²) in [6.07, 6.45) is 4.20. The van der Waals surface area contributed by atoms with E-state index in [0.29, 0.717) is 6.07 Å². The highest BCUT2D eigenvalue weighted by molar-refractivity contribution is 7.92. The molecular formula is C19H18F2N4O2S. The number of hydrogen-bond acceptors (Lipinski definition) is 4. The van der Waals surface area contributed by atoms with E-state index in [0.717, 1.165) is 61.6 Å². The van der Waals surface area contributed by atoms with Crippen molar-refractivity contribution in [2.75, 3.05) is 4.72 Å². The number of halogens is 2. The predicted molar refractivity (Wildman–Crippen MR) is 100 cm³/mol. The molecule has 0 saturated heterocycles. The third-order valence-electron chi connectivity index (χ3n) is 4.69. The average Bonchev–Trinajstić information content (AvgIpc) is 2.92. The quantitative estimate of drug-likeness (QED) is 0.719. The van der Waals surface area contributed by atoms with Gasteiger partial charge in [-0.15, -0.1) is 10.2 Å². The van der Waals surface area contributed by atoms with Crippen molar-refractivity contribution in [1.29, 1.82) is 0 Å². The molecule has 0 spiro atoms. The van der Waals surface area contributed by atoms with Crippen molar-refractivity contribution in [3.05, 3.63) is 59.9 Å². The largest absolute Gasteiger partial charge is 0.311 e. The molecule has 0 radical (unpaired) electrons. The summed E-state index contributed by atoms with van der Waals surface area (Å²) in [5.74, 6) is -0.150. The van der Waals surface area contributed by atoms with Gasteiger partial charge in [-0.1, -0.05) is 6.42 Å².